The fourth-order valence-corrected chi connectivity index (χ4v) is 5.10. The molecule has 7 nitrogen and oxygen atoms in total. The first-order valence-corrected chi connectivity index (χ1v) is 11.7. The molecule has 1 aliphatic rings. The zero-order chi connectivity index (χ0) is 23.0. The van der Waals surface area contributed by atoms with Gasteiger partial charge in [0, 0.05) is 10.1 Å². The minimum absolute atomic E-state index is 0.220. The van der Waals surface area contributed by atoms with E-state index >= 15 is 0 Å². The topological polar surface area (TPSA) is 109 Å². The number of carbonyl (C=O) groups excluding carboxylic acids is 2. The fourth-order valence-electron chi connectivity index (χ4n) is 3.50. The van der Waals surface area contributed by atoms with Crippen LogP contribution >= 0.6 is 33.9 Å². The molecule has 2 amide bonds. The number of amides is 2. The quantitative estimate of drug-likeness (QED) is 0.341. The van der Waals surface area contributed by atoms with E-state index in [0.717, 1.165) is 14.9 Å². The molecular weight excluding hydrogens is 544 g/mol. The number of nitrogens with one attached hydrogen (secondary N) is 3. The van der Waals surface area contributed by atoms with Crippen molar-refractivity contribution in [1.29, 1.82) is 0 Å². The Kier molecular flexibility index (Phi) is 6.08. The highest BCUT2D eigenvalue weighted by Gasteiger charge is 2.34. The zero-order valence-corrected chi connectivity index (χ0v) is 20.4. The predicted octanol–water partition coefficient (Wildman–Crippen LogP) is 4.78. The van der Waals surface area contributed by atoms with Gasteiger partial charge in [0.15, 0.2) is 0 Å². The van der Waals surface area contributed by atoms with Crippen molar-refractivity contribution in [1.82, 2.24) is 10.3 Å². The maximum absolute atomic E-state index is 14.5. The molecule has 10 heteroatoms. The number of fused-ring (bicyclic) bond motifs is 1. The van der Waals surface area contributed by atoms with Gasteiger partial charge in [-0.2, -0.15) is 0 Å². The first-order chi connectivity index (χ1) is 15.1. The van der Waals surface area contributed by atoms with Crippen molar-refractivity contribution in [2.24, 2.45) is 5.41 Å². The molecule has 32 heavy (non-hydrogen) atoms. The Morgan fingerprint density at radius 3 is 2.81 bits per heavy atom. The van der Waals surface area contributed by atoms with Gasteiger partial charge in [0.05, 0.1) is 16.1 Å². The Bertz CT molecular complexity index is 1230. The van der Waals surface area contributed by atoms with Gasteiger partial charge in [-0.05, 0) is 70.3 Å². The van der Waals surface area contributed by atoms with E-state index in [1.54, 1.807) is 30.3 Å². The van der Waals surface area contributed by atoms with E-state index in [4.69, 9.17) is 5.73 Å². The average molecular weight is 565 g/mol. The van der Waals surface area contributed by atoms with Gasteiger partial charge in [0.2, 0.25) is 0 Å². The Morgan fingerprint density at radius 2 is 2.09 bits per heavy atom. The molecule has 0 fully saturated rings. The van der Waals surface area contributed by atoms with Crippen LogP contribution in [0.4, 0.5) is 26.7 Å². The molecule has 0 radical (unpaired) electrons. The van der Waals surface area contributed by atoms with Gasteiger partial charge < -0.3 is 21.7 Å². The number of pyridine rings is 1. The first-order valence-electron chi connectivity index (χ1n) is 9.83. The van der Waals surface area contributed by atoms with Gasteiger partial charge in [0.25, 0.3) is 11.8 Å². The first kappa shape index (κ1) is 22.5. The monoisotopic (exact) mass is 565 g/mol. The standard InChI is InChI=1S/C22H21FIN5O2S/c1-22(2)9-12-17(19(30)29-16-5-3-4-15(25)28-16)21(32-18(12)20(31)26-10-22)27-14-7-6-11(24)8-13(14)23/h3-8,27H,9-10H2,1-2H3,(H,26,31)(H3,25,28,29,30). The maximum Gasteiger partial charge on any atom is 0.261 e. The number of nitrogens with zero attached hydrogens (tertiary/aromatic N) is 1. The molecule has 166 valence electrons. The van der Waals surface area contributed by atoms with Crippen LogP contribution in [-0.2, 0) is 6.42 Å². The molecule has 0 aliphatic carbocycles. The lowest BCUT2D eigenvalue weighted by molar-refractivity contribution is 0.0948. The molecule has 0 spiro atoms. The van der Waals surface area contributed by atoms with Crippen LogP contribution in [0.1, 0.15) is 39.4 Å². The number of nitrogens with two attached hydrogens (primary N) is 1. The van der Waals surface area contributed by atoms with Crippen LogP contribution in [0.25, 0.3) is 0 Å². The van der Waals surface area contributed by atoms with E-state index in [9.17, 15) is 14.0 Å². The summed E-state index contributed by atoms with van der Waals surface area (Å²) in [6, 6.07) is 9.69. The lowest BCUT2D eigenvalue weighted by Gasteiger charge is -2.22. The van der Waals surface area contributed by atoms with Gasteiger partial charge in [-0.25, -0.2) is 9.37 Å². The molecule has 0 bridgehead atoms. The zero-order valence-electron chi connectivity index (χ0n) is 17.4. The van der Waals surface area contributed by atoms with Crippen LogP contribution in [0.5, 0.6) is 0 Å². The van der Waals surface area contributed by atoms with E-state index in [2.05, 4.69) is 20.9 Å². The molecule has 1 aliphatic heterocycles. The molecule has 0 saturated heterocycles. The van der Waals surface area contributed by atoms with Crippen LogP contribution in [0.15, 0.2) is 36.4 Å². The number of hydrogen-bond acceptors (Lipinski definition) is 6. The molecule has 0 unspecified atom stereocenters. The summed E-state index contributed by atoms with van der Waals surface area (Å²) in [4.78, 5) is 30.7. The summed E-state index contributed by atoms with van der Waals surface area (Å²) in [6.45, 7) is 4.53. The minimum atomic E-state index is -0.450. The molecule has 1 aromatic carbocycles. The van der Waals surface area contributed by atoms with E-state index in [0.29, 0.717) is 39.8 Å². The lowest BCUT2D eigenvalue weighted by atomic mass is 9.85. The van der Waals surface area contributed by atoms with Gasteiger partial charge in [-0.15, -0.1) is 11.3 Å². The molecule has 3 heterocycles. The summed E-state index contributed by atoms with van der Waals surface area (Å²) in [5.74, 6) is -0.582. The summed E-state index contributed by atoms with van der Waals surface area (Å²) >= 11 is 3.16. The number of rotatable bonds is 4. The Morgan fingerprint density at radius 1 is 1.31 bits per heavy atom. The second kappa shape index (κ2) is 8.66. The van der Waals surface area contributed by atoms with Crippen molar-refractivity contribution in [3.05, 3.63) is 61.8 Å². The third kappa shape index (κ3) is 4.70. The van der Waals surface area contributed by atoms with E-state index in [-0.39, 0.29) is 22.8 Å². The van der Waals surface area contributed by atoms with Crippen molar-refractivity contribution in [3.63, 3.8) is 0 Å². The van der Waals surface area contributed by atoms with Crippen LogP contribution in [0.2, 0.25) is 0 Å². The summed E-state index contributed by atoms with van der Waals surface area (Å²) in [6.07, 6.45) is 0.502. The van der Waals surface area contributed by atoms with E-state index in [1.165, 1.54) is 6.07 Å². The molecule has 4 rings (SSSR count). The number of hydrogen-bond donors (Lipinski definition) is 4. The number of halogens is 2. The van der Waals surface area contributed by atoms with Crippen LogP contribution < -0.4 is 21.7 Å². The Balaban J connectivity index is 1.81. The number of carbonyl (C=O) groups is 2. The fraction of sp³-hybridized carbons (Fsp3) is 0.227. The van der Waals surface area contributed by atoms with E-state index in [1.807, 2.05) is 36.4 Å². The van der Waals surface area contributed by atoms with Gasteiger partial charge in [-0.1, -0.05) is 19.9 Å². The highest BCUT2D eigenvalue weighted by molar-refractivity contribution is 14.1. The molecule has 0 saturated carbocycles. The van der Waals surface area contributed by atoms with Gasteiger partial charge in [0.1, 0.15) is 22.5 Å². The van der Waals surface area contributed by atoms with E-state index < -0.39 is 11.7 Å². The number of nitrogen functional groups attached to an aromatic ring is 1. The Hall–Kier alpha value is -2.73. The summed E-state index contributed by atoms with van der Waals surface area (Å²) in [7, 11) is 0. The molecule has 0 atom stereocenters. The summed E-state index contributed by atoms with van der Waals surface area (Å²) in [5, 5.41) is 9.09. The van der Waals surface area contributed by atoms with Crippen molar-refractivity contribution in [2.45, 2.75) is 20.3 Å². The SMILES string of the molecule is CC1(C)CNC(=O)c2sc(Nc3ccc(I)cc3F)c(C(=O)Nc3cccc(N)n3)c2C1. The van der Waals surface area contributed by atoms with Crippen molar-refractivity contribution < 1.29 is 14.0 Å². The van der Waals surface area contributed by atoms with Crippen molar-refractivity contribution in [2.75, 3.05) is 22.9 Å². The third-order valence-electron chi connectivity index (χ3n) is 5.01. The van der Waals surface area contributed by atoms with Crippen LogP contribution in [-0.4, -0.2) is 23.3 Å². The maximum atomic E-state index is 14.5. The largest absolute Gasteiger partial charge is 0.384 e. The second-order valence-electron chi connectivity index (χ2n) is 8.29. The normalized spacial score (nSPS) is 14.8. The third-order valence-corrected chi connectivity index (χ3v) is 6.83. The lowest BCUT2D eigenvalue weighted by Crippen LogP contribution is -2.31. The second-order valence-corrected chi connectivity index (χ2v) is 10.6. The van der Waals surface area contributed by atoms with Crippen LogP contribution in [0.3, 0.4) is 0 Å². The molecule has 5 N–H and O–H groups in total. The number of benzene rings is 1. The minimum Gasteiger partial charge on any atom is -0.384 e. The predicted molar refractivity (Wildman–Crippen MR) is 133 cm³/mol. The van der Waals surface area contributed by atoms with Crippen molar-refractivity contribution in [3.8, 4) is 0 Å². The highest BCUT2D eigenvalue weighted by Crippen LogP contribution is 2.41. The number of aromatic nitrogens is 1. The molecule has 3 aromatic rings. The molecule has 2 aromatic heterocycles. The summed E-state index contributed by atoms with van der Waals surface area (Å²) in [5.41, 5.74) is 6.62. The Labute approximate surface area is 202 Å². The summed E-state index contributed by atoms with van der Waals surface area (Å²) < 4.78 is 15.3. The van der Waals surface area contributed by atoms with Crippen molar-refractivity contribution >= 4 is 68.1 Å². The van der Waals surface area contributed by atoms with Crippen LogP contribution in [0, 0.1) is 14.8 Å². The smallest absolute Gasteiger partial charge is 0.261 e. The van der Waals surface area contributed by atoms with Gasteiger partial charge >= 0.3 is 0 Å². The molecular formula is C22H21FIN5O2S. The number of anilines is 4. The number of thiophene rings is 1. The van der Waals surface area contributed by atoms with Gasteiger partial charge in [-0.3, -0.25) is 9.59 Å². The highest BCUT2D eigenvalue weighted by atomic mass is 127. The average Bonchev–Trinajstić information content (AvgIpc) is 3.00.